The third kappa shape index (κ3) is 9.65. The summed E-state index contributed by atoms with van der Waals surface area (Å²) in [5.41, 5.74) is 0. The van der Waals surface area contributed by atoms with E-state index in [4.69, 9.17) is 9.16 Å². The van der Waals surface area contributed by atoms with Crippen molar-refractivity contribution >= 4 is 16.5 Å². The summed E-state index contributed by atoms with van der Waals surface area (Å²) in [4.78, 5) is 10.3. The molecule has 0 aromatic heterocycles. The smallest absolute Gasteiger partial charge is 0.302 e. The normalized spacial score (nSPS) is 9.91. The van der Waals surface area contributed by atoms with Gasteiger partial charge in [-0.15, -0.1) is 0 Å². The third-order valence-electron chi connectivity index (χ3n) is 1.30. The second-order valence-corrected chi connectivity index (χ2v) is 2.97. The highest BCUT2D eigenvalue weighted by Crippen LogP contribution is 1.95. The fourth-order valence-electron chi connectivity index (χ4n) is 0.741. The van der Waals surface area contributed by atoms with Gasteiger partial charge >= 0.3 is 5.97 Å². The topological polar surface area (TPSA) is 35.5 Å². The molecule has 0 fully saturated rings. The fraction of sp³-hybridized carbons (Fsp3) is 0.857. The minimum absolute atomic E-state index is 0.191. The SMILES string of the molecule is CC(=O)OCCCCCO[SiH3]. The van der Waals surface area contributed by atoms with Crippen molar-refractivity contribution in [3.63, 3.8) is 0 Å². The average Bonchev–Trinajstić information content (AvgIpc) is 1.96. The van der Waals surface area contributed by atoms with Crippen LogP contribution in [0.3, 0.4) is 0 Å². The molecular formula is C7H16O3Si. The Hall–Kier alpha value is -0.353. The first-order valence-corrected chi connectivity index (χ1v) is 4.71. The number of hydrogen-bond acceptors (Lipinski definition) is 3. The zero-order chi connectivity index (χ0) is 8.53. The lowest BCUT2D eigenvalue weighted by molar-refractivity contribution is -0.141. The zero-order valence-electron chi connectivity index (χ0n) is 7.26. The van der Waals surface area contributed by atoms with Crippen LogP contribution in [0, 0.1) is 0 Å². The van der Waals surface area contributed by atoms with E-state index in [1.165, 1.54) is 6.92 Å². The van der Waals surface area contributed by atoms with Gasteiger partial charge in [0.05, 0.1) is 6.61 Å². The Balaban J connectivity index is 2.85. The monoisotopic (exact) mass is 176 g/mol. The molecule has 0 aliphatic heterocycles. The number of rotatable bonds is 6. The van der Waals surface area contributed by atoms with Gasteiger partial charge in [0.2, 0.25) is 0 Å². The molecular weight excluding hydrogens is 160 g/mol. The highest BCUT2D eigenvalue weighted by Gasteiger charge is 1.92. The predicted molar refractivity (Wildman–Crippen MR) is 46.4 cm³/mol. The molecule has 0 N–H and O–H groups in total. The van der Waals surface area contributed by atoms with Crippen LogP contribution in [0.2, 0.25) is 0 Å². The first-order valence-electron chi connectivity index (χ1n) is 3.89. The van der Waals surface area contributed by atoms with Gasteiger partial charge in [-0.2, -0.15) is 0 Å². The molecule has 4 heteroatoms. The molecule has 0 atom stereocenters. The summed E-state index contributed by atoms with van der Waals surface area (Å²) < 4.78 is 9.75. The summed E-state index contributed by atoms with van der Waals surface area (Å²) in [6.07, 6.45) is 3.10. The molecule has 0 unspecified atom stereocenters. The molecule has 3 nitrogen and oxygen atoms in total. The van der Waals surface area contributed by atoms with E-state index in [9.17, 15) is 4.79 Å². The van der Waals surface area contributed by atoms with Crippen LogP contribution in [0.25, 0.3) is 0 Å². The Kier molecular flexibility index (Phi) is 7.50. The van der Waals surface area contributed by atoms with Gasteiger partial charge in [0.1, 0.15) is 10.5 Å². The molecule has 0 amide bonds. The van der Waals surface area contributed by atoms with Crippen LogP contribution >= 0.6 is 0 Å². The van der Waals surface area contributed by atoms with Crippen LogP contribution in [0.1, 0.15) is 26.2 Å². The quantitative estimate of drug-likeness (QED) is 0.325. The molecule has 11 heavy (non-hydrogen) atoms. The van der Waals surface area contributed by atoms with Gasteiger partial charge in [0, 0.05) is 13.5 Å². The number of carbonyl (C=O) groups excluding carboxylic acids is 1. The Morgan fingerprint density at radius 2 is 1.91 bits per heavy atom. The number of hydrogen-bond donors (Lipinski definition) is 0. The van der Waals surface area contributed by atoms with Crippen LogP contribution < -0.4 is 0 Å². The molecule has 0 aliphatic carbocycles. The van der Waals surface area contributed by atoms with Gasteiger partial charge in [0.25, 0.3) is 0 Å². The van der Waals surface area contributed by atoms with Crippen molar-refractivity contribution in [1.29, 1.82) is 0 Å². The van der Waals surface area contributed by atoms with E-state index in [0.717, 1.165) is 36.4 Å². The fourth-order valence-corrected chi connectivity index (χ4v) is 1.03. The van der Waals surface area contributed by atoms with Crippen LogP contribution in [0.15, 0.2) is 0 Å². The van der Waals surface area contributed by atoms with Crippen molar-refractivity contribution < 1.29 is 14.0 Å². The molecule has 0 saturated carbocycles. The second-order valence-electron chi connectivity index (χ2n) is 2.39. The maximum Gasteiger partial charge on any atom is 0.302 e. The number of ether oxygens (including phenoxy) is 1. The van der Waals surface area contributed by atoms with Crippen molar-refractivity contribution in [2.45, 2.75) is 26.2 Å². The van der Waals surface area contributed by atoms with Gasteiger partial charge in [0.15, 0.2) is 0 Å². The van der Waals surface area contributed by atoms with Gasteiger partial charge in [-0.1, -0.05) is 0 Å². The van der Waals surface area contributed by atoms with Gasteiger partial charge in [-0.05, 0) is 19.3 Å². The molecule has 0 saturated heterocycles. The lowest BCUT2D eigenvalue weighted by atomic mass is 10.2. The standard InChI is InChI=1S/C7H16O3Si/c1-7(8)9-5-3-2-4-6-10-11/h2-6H2,1,11H3. The summed E-state index contributed by atoms with van der Waals surface area (Å²) >= 11 is 0. The number of unbranched alkanes of at least 4 members (excludes halogenated alkanes) is 2. The van der Waals surface area contributed by atoms with E-state index in [2.05, 4.69) is 0 Å². The molecule has 0 aromatic rings. The van der Waals surface area contributed by atoms with E-state index in [1.807, 2.05) is 0 Å². The van der Waals surface area contributed by atoms with Crippen molar-refractivity contribution in [3.05, 3.63) is 0 Å². The molecule has 0 heterocycles. The number of esters is 1. The third-order valence-corrected chi connectivity index (χ3v) is 1.71. The summed E-state index contributed by atoms with van der Waals surface area (Å²) in [5.74, 6) is -0.191. The first kappa shape index (κ1) is 10.6. The largest absolute Gasteiger partial charge is 0.466 e. The lowest BCUT2D eigenvalue weighted by Crippen LogP contribution is -2.00. The molecule has 0 radical (unpaired) electrons. The Labute approximate surface area is 70.6 Å². The minimum Gasteiger partial charge on any atom is -0.466 e. The lowest BCUT2D eigenvalue weighted by Gasteiger charge is -2.00. The Bertz CT molecular complexity index is 106. The zero-order valence-corrected chi connectivity index (χ0v) is 9.26. The predicted octanol–water partition coefficient (Wildman–Crippen LogP) is 0.0168. The van der Waals surface area contributed by atoms with Crippen LogP contribution in [-0.2, 0) is 14.0 Å². The van der Waals surface area contributed by atoms with Crippen molar-refractivity contribution in [2.24, 2.45) is 0 Å². The Morgan fingerprint density at radius 1 is 1.27 bits per heavy atom. The first-order chi connectivity index (χ1) is 5.27. The van der Waals surface area contributed by atoms with Gasteiger partial charge in [-0.25, -0.2) is 0 Å². The number of carbonyl (C=O) groups is 1. The average molecular weight is 176 g/mol. The highest BCUT2D eigenvalue weighted by atomic mass is 28.2. The molecule has 0 bridgehead atoms. The molecule has 0 aliphatic rings. The maximum absolute atomic E-state index is 10.3. The van der Waals surface area contributed by atoms with Crippen LogP contribution in [-0.4, -0.2) is 29.7 Å². The van der Waals surface area contributed by atoms with Crippen molar-refractivity contribution in [3.8, 4) is 0 Å². The molecule has 0 spiro atoms. The summed E-state index contributed by atoms with van der Waals surface area (Å²) in [6, 6.07) is 0. The minimum atomic E-state index is -0.191. The van der Waals surface area contributed by atoms with E-state index in [-0.39, 0.29) is 5.97 Å². The molecule has 0 aromatic carbocycles. The Morgan fingerprint density at radius 3 is 2.45 bits per heavy atom. The van der Waals surface area contributed by atoms with Gasteiger partial charge in [-0.3, -0.25) is 4.79 Å². The van der Waals surface area contributed by atoms with E-state index in [0.29, 0.717) is 6.61 Å². The maximum atomic E-state index is 10.3. The van der Waals surface area contributed by atoms with Crippen LogP contribution in [0.4, 0.5) is 0 Å². The summed E-state index contributed by atoms with van der Waals surface area (Å²) in [5, 5.41) is 0. The summed E-state index contributed by atoms with van der Waals surface area (Å²) in [7, 11) is 0.820. The summed E-state index contributed by atoms with van der Waals surface area (Å²) in [6.45, 7) is 2.84. The van der Waals surface area contributed by atoms with Gasteiger partial charge < -0.3 is 9.16 Å². The van der Waals surface area contributed by atoms with E-state index >= 15 is 0 Å². The van der Waals surface area contributed by atoms with E-state index < -0.39 is 0 Å². The molecule has 66 valence electrons. The molecule has 0 rings (SSSR count). The second kappa shape index (κ2) is 7.75. The van der Waals surface area contributed by atoms with Crippen LogP contribution in [0.5, 0.6) is 0 Å². The van der Waals surface area contributed by atoms with Crippen molar-refractivity contribution in [2.75, 3.05) is 13.2 Å². The van der Waals surface area contributed by atoms with Crippen molar-refractivity contribution in [1.82, 2.24) is 0 Å². The highest BCUT2D eigenvalue weighted by molar-refractivity contribution is 5.97. The van der Waals surface area contributed by atoms with E-state index in [1.54, 1.807) is 0 Å².